The zero-order valence-electron chi connectivity index (χ0n) is 12.7. The molecule has 0 unspecified atom stereocenters. The van der Waals surface area contributed by atoms with Crippen molar-refractivity contribution in [3.63, 3.8) is 0 Å². The number of pyridine rings is 1. The second-order valence-corrected chi connectivity index (χ2v) is 6.37. The van der Waals surface area contributed by atoms with Gasteiger partial charge in [-0.05, 0) is 56.4 Å². The number of hydrogen-bond donors (Lipinski definition) is 1. The summed E-state index contributed by atoms with van der Waals surface area (Å²) < 4.78 is 0. The first-order valence-corrected chi connectivity index (χ1v) is 8.22. The second-order valence-electron chi connectivity index (χ2n) is 6.37. The van der Waals surface area contributed by atoms with E-state index in [1.54, 1.807) is 0 Å². The lowest BCUT2D eigenvalue weighted by Gasteiger charge is -2.29. The molecule has 0 spiro atoms. The molecule has 1 aromatic heterocycles. The Hall–Kier alpha value is -1.77. The molecule has 1 aromatic carbocycles. The predicted octanol–water partition coefficient (Wildman–Crippen LogP) is 4.14. The summed E-state index contributed by atoms with van der Waals surface area (Å²) >= 11 is 0. The summed E-state index contributed by atoms with van der Waals surface area (Å²) in [6.45, 7) is 2.38. The molecule has 1 saturated carbocycles. The van der Waals surface area contributed by atoms with Crippen LogP contribution in [0, 0.1) is 0 Å². The van der Waals surface area contributed by atoms with Crippen LogP contribution in [0.25, 0.3) is 10.9 Å². The summed E-state index contributed by atoms with van der Waals surface area (Å²) in [5.41, 5.74) is 4.96. The summed E-state index contributed by atoms with van der Waals surface area (Å²) in [6.07, 6.45) is 6.60. The molecule has 3 heteroatoms. The minimum absolute atomic E-state index is 0.697. The van der Waals surface area contributed by atoms with E-state index in [-0.39, 0.29) is 0 Å². The fourth-order valence-electron chi connectivity index (χ4n) is 3.38. The molecular formula is C18H23N3. The van der Waals surface area contributed by atoms with Crippen molar-refractivity contribution in [1.29, 1.82) is 0 Å². The van der Waals surface area contributed by atoms with Crippen LogP contribution in [0.4, 0.5) is 11.4 Å². The van der Waals surface area contributed by atoms with Gasteiger partial charge in [0.05, 0.1) is 5.52 Å². The lowest BCUT2D eigenvalue weighted by atomic mass is 10.1. The molecule has 0 amide bonds. The van der Waals surface area contributed by atoms with Crippen LogP contribution in [0.3, 0.4) is 0 Å². The number of nitrogens with one attached hydrogen (secondary N) is 1. The van der Waals surface area contributed by atoms with Crippen LogP contribution in [-0.2, 0) is 0 Å². The summed E-state index contributed by atoms with van der Waals surface area (Å²) in [5.74, 6) is 0.697. The SMILES string of the molecule is CNc1cc(C2CC2)nc2ccc(N3CCCCC3)cc12. The van der Waals surface area contributed by atoms with E-state index in [0.29, 0.717) is 5.92 Å². The van der Waals surface area contributed by atoms with Crippen molar-refractivity contribution in [2.45, 2.75) is 38.0 Å². The zero-order valence-corrected chi connectivity index (χ0v) is 12.7. The Bertz CT molecular complexity index is 655. The molecule has 3 nitrogen and oxygen atoms in total. The lowest BCUT2D eigenvalue weighted by Crippen LogP contribution is -2.29. The summed E-state index contributed by atoms with van der Waals surface area (Å²) in [7, 11) is 2.01. The van der Waals surface area contributed by atoms with E-state index in [4.69, 9.17) is 4.98 Å². The Morgan fingerprint density at radius 2 is 1.90 bits per heavy atom. The Morgan fingerprint density at radius 1 is 1.10 bits per heavy atom. The number of piperidine rings is 1. The largest absolute Gasteiger partial charge is 0.388 e. The quantitative estimate of drug-likeness (QED) is 0.916. The van der Waals surface area contributed by atoms with Gasteiger partial charge in [-0.1, -0.05) is 0 Å². The van der Waals surface area contributed by atoms with Crippen LogP contribution in [0.2, 0.25) is 0 Å². The topological polar surface area (TPSA) is 28.2 Å². The number of anilines is 2. The van der Waals surface area contributed by atoms with Crippen LogP contribution in [-0.4, -0.2) is 25.1 Å². The van der Waals surface area contributed by atoms with E-state index in [1.165, 1.54) is 67.6 Å². The zero-order chi connectivity index (χ0) is 14.2. The van der Waals surface area contributed by atoms with Gasteiger partial charge in [0.15, 0.2) is 0 Å². The Kier molecular flexibility index (Phi) is 3.21. The molecule has 2 aromatic rings. The highest BCUT2D eigenvalue weighted by atomic mass is 15.1. The molecule has 21 heavy (non-hydrogen) atoms. The van der Waals surface area contributed by atoms with Crippen molar-refractivity contribution in [3.05, 3.63) is 30.0 Å². The molecule has 0 radical (unpaired) electrons. The van der Waals surface area contributed by atoms with E-state index in [2.05, 4.69) is 34.5 Å². The molecular weight excluding hydrogens is 258 g/mol. The molecule has 1 saturated heterocycles. The van der Waals surface area contributed by atoms with Gasteiger partial charge in [0.1, 0.15) is 0 Å². The van der Waals surface area contributed by atoms with Crippen molar-refractivity contribution in [2.24, 2.45) is 0 Å². The molecule has 2 heterocycles. The number of benzene rings is 1. The first-order valence-electron chi connectivity index (χ1n) is 8.22. The van der Waals surface area contributed by atoms with E-state index >= 15 is 0 Å². The van der Waals surface area contributed by atoms with Gasteiger partial charge in [-0.3, -0.25) is 4.98 Å². The van der Waals surface area contributed by atoms with E-state index in [9.17, 15) is 0 Å². The van der Waals surface area contributed by atoms with Crippen molar-refractivity contribution in [1.82, 2.24) is 4.98 Å². The van der Waals surface area contributed by atoms with Crippen molar-refractivity contribution in [3.8, 4) is 0 Å². The number of fused-ring (bicyclic) bond motifs is 1. The van der Waals surface area contributed by atoms with Crippen LogP contribution in [0.15, 0.2) is 24.3 Å². The lowest BCUT2D eigenvalue weighted by molar-refractivity contribution is 0.578. The highest BCUT2D eigenvalue weighted by Gasteiger charge is 2.26. The molecule has 2 aliphatic rings. The Balaban J connectivity index is 1.76. The fourth-order valence-corrected chi connectivity index (χ4v) is 3.38. The summed E-state index contributed by atoms with van der Waals surface area (Å²) in [6, 6.07) is 9.01. The van der Waals surface area contributed by atoms with Gasteiger partial charge < -0.3 is 10.2 Å². The van der Waals surface area contributed by atoms with Crippen LogP contribution < -0.4 is 10.2 Å². The minimum atomic E-state index is 0.697. The van der Waals surface area contributed by atoms with Crippen molar-refractivity contribution < 1.29 is 0 Å². The average molecular weight is 281 g/mol. The van der Waals surface area contributed by atoms with E-state index < -0.39 is 0 Å². The third-order valence-corrected chi connectivity index (χ3v) is 4.80. The average Bonchev–Trinajstić information content (AvgIpc) is 3.39. The molecule has 0 bridgehead atoms. The number of aromatic nitrogens is 1. The normalized spacial score (nSPS) is 19.0. The molecule has 1 aliphatic carbocycles. The molecule has 4 rings (SSSR count). The number of hydrogen-bond acceptors (Lipinski definition) is 3. The first kappa shape index (κ1) is 12.9. The van der Waals surface area contributed by atoms with Crippen LogP contribution in [0.5, 0.6) is 0 Å². The highest BCUT2D eigenvalue weighted by molar-refractivity contribution is 5.94. The minimum Gasteiger partial charge on any atom is -0.388 e. The Labute approximate surface area is 126 Å². The Morgan fingerprint density at radius 3 is 2.62 bits per heavy atom. The van der Waals surface area contributed by atoms with Crippen LogP contribution >= 0.6 is 0 Å². The third-order valence-electron chi connectivity index (χ3n) is 4.80. The molecule has 1 aliphatic heterocycles. The second kappa shape index (κ2) is 5.21. The van der Waals surface area contributed by atoms with Gasteiger partial charge in [0.25, 0.3) is 0 Å². The summed E-state index contributed by atoms with van der Waals surface area (Å²) in [5, 5.41) is 4.62. The third kappa shape index (κ3) is 2.45. The van der Waals surface area contributed by atoms with Crippen LogP contribution in [0.1, 0.15) is 43.7 Å². The van der Waals surface area contributed by atoms with E-state index in [1.807, 2.05) is 7.05 Å². The van der Waals surface area contributed by atoms with Gasteiger partial charge in [-0.25, -0.2) is 0 Å². The molecule has 1 N–H and O–H groups in total. The van der Waals surface area contributed by atoms with E-state index in [0.717, 1.165) is 5.52 Å². The first-order chi connectivity index (χ1) is 10.3. The maximum atomic E-state index is 4.87. The van der Waals surface area contributed by atoms with Crippen molar-refractivity contribution in [2.75, 3.05) is 30.4 Å². The monoisotopic (exact) mass is 281 g/mol. The van der Waals surface area contributed by atoms with Crippen molar-refractivity contribution >= 4 is 22.3 Å². The van der Waals surface area contributed by atoms with Gasteiger partial charge in [-0.15, -0.1) is 0 Å². The molecule has 2 fully saturated rings. The highest BCUT2D eigenvalue weighted by Crippen LogP contribution is 2.41. The number of rotatable bonds is 3. The number of nitrogens with zero attached hydrogens (tertiary/aromatic N) is 2. The summed E-state index contributed by atoms with van der Waals surface area (Å²) in [4.78, 5) is 7.38. The van der Waals surface area contributed by atoms with Gasteiger partial charge in [0.2, 0.25) is 0 Å². The maximum absolute atomic E-state index is 4.87. The fraction of sp³-hybridized carbons (Fsp3) is 0.500. The molecule has 0 atom stereocenters. The van der Waals surface area contributed by atoms with Gasteiger partial charge in [0, 0.05) is 48.5 Å². The molecule has 110 valence electrons. The van der Waals surface area contributed by atoms with Gasteiger partial charge >= 0.3 is 0 Å². The maximum Gasteiger partial charge on any atom is 0.0727 e. The standard InChI is InChI=1S/C18H23N3/c1-19-18-12-17(13-5-6-13)20-16-8-7-14(11-15(16)18)21-9-3-2-4-10-21/h7-8,11-13H,2-6,9-10H2,1H3,(H,19,20). The predicted molar refractivity (Wildman–Crippen MR) is 89.3 cm³/mol. The van der Waals surface area contributed by atoms with Gasteiger partial charge in [-0.2, -0.15) is 0 Å². The smallest absolute Gasteiger partial charge is 0.0727 e.